The zero-order chi connectivity index (χ0) is 23.6. The van der Waals surface area contributed by atoms with Crippen molar-refractivity contribution in [3.8, 4) is 0 Å². The van der Waals surface area contributed by atoms with Gasteiger partial charge < -0.3 is 62.1 Å². The lowest BCUT2D eigenvalue weighted by atomic mass is 9.83. The molecule has 12 heteroatoms. The van der Waals surface area contributed by atoms with Gasteiger partial charge in [-0.25, -0.2) is 0 Å². The second-order valence-corrected chi connectivity index (χ2v) is 9.38. The highest BCUT2D eigenvalue weighted by molar-refractivity contribution is 5.02. The standard InChI is InChI=1S/C20H41N5O7/c1-20(28)8-29-19(14(27)17(20)25-3)31-15-11(23)6-12(24-2)16(13(15)26)32-18-10(22)5-4-9(7-21)30-18/h9-19,24-28H,4-8,21-23H2,1-3H3. The van der Waals surface area contributed by atoms with Crippen LogP contribution in [-0.2, 0) is 18.9 Å². The van der Waals surface area contributed by atoms with Gasteiger partial charge in [-0.2, -0.15) is 0 Å². The molecular weight excluding hydrogens is 422 g/mol. The third-order valence-corrected chi connectivity index (χ3v) is 6.87. The molecule has 12 atom stereocenters. The zero-order valence-corrected chi connectivity index (χ0v) is 19.1. The van der Waals surface area contributed by atoms with E-state index in [1.807, 2.05) is 0 Å². The molecule has 3 rings (SSSR count). The van der Waals surface area contributed by atoms with Crippen molar-refractivity contribution in [2.24, 2.45) is 17.2 Å². The summed E-state index contributed by atoms with van der Waals surface area (Å²) in [4.78, 5) is 0. The van der Waals surface area contributed by atoms with Crippen molar-refractivity contribution in [1.82, 2.24) is 10.6 Å². The Balaban J connectivity index is 1.72. The van der Waals surface area contributed by atoms with Crippen molar-refractivity contribution in [3.05, 3.63) is 0 Å². The molecule has 0 radical (unpaired) electrons. The normalized spacial score (nSPS) is 50.3. The first kappa shape index (κ1) is 26.1. The lowest BCUT2D eigenvalue weighted by Crippen LogP contribution is -2.69. The highest BCUT2D eigenvalue weighted by Crippen LogP contribution is 2.31. The zero-order valence-electron chi connectivity index (χ0n) is 19.1. The smallest absolute Gasteiger partial charge is 0.185 e. The highest BCUT2D eigenvalue weighted by Gasteiger charge is 2.51. The molecule has 12 unspecified atom stereocenters. The van der Waals surface area contributed by atoms with Crippen LogP contribution in [0.1, 0.15) is 26.2 Å². The molecule has 32 heavy (non-hydrogen) atoms. The number of hydrogen-bond donors (Lipinski definition) is 8. The number of nitrogens with one attached hydrogen (secondary N) is 2. The van der Waals surface area contributed by atoms with Crippen LogP contribution in [0.4, 0.5) is 0 Å². The van der Waals surface area contributed by atoms with Gasteiger partial charge in [0, 0.05) is 18.6 Å². The number of aliphatic hydroxyl groups excluding tert-OH is 2. The fourth-order valence-corrected chi connectivity index (χ4v) is 4.93. The first-order valence-electron chi connectivity index (χ1n) is 11.3. The van der Waals surface area contributed by atoms with Crippen molar-refractivity contribution in [3.63, 3.8) is 0 Å². The molecule has 2 aliphatic heterocycles. The van der Waals surface area contributed by atoms with E-state index in [1.54, 1.807) is 21.0 Å². The number of likely N-dealkylation sites (N-methyl/N-ethyl adjacent to an activating group) is 2. The van der Waals surface area contributed by atoms with E-state index in [9.17, 15) is 15.3 Å². The van der Waals surface area contributed by atoms with E-state index in [2.05, 4.69) is 10.6 Å². The molecule has 3 fully saturated rings. The van der Waals surface area contributed by atoms with E-state index >= 15 is 0 Å². The fourth-order valence-electron chi connectivity index (χ4n) is 4.93. The third-order valence-electron chi connectivity index (χ3n) is 6.87. The number of ether oxygens (including phenoxy) is 4. The molecule has 2 heterocycles. The van der Waals surface area contributed by atoms with Crippen molar-refractivity contribution < 1.29 is 34.3 Å². The molecule has 11 N–H and O–H groups in total. The largest absolute Gasteiger partial charge is 0.388 e. The van der Waals surface area contributed by atoms with Crippen molar-refractivity contribution >= 4 is 0 Å². The minimum atomic E-state index is -1.28. The summed E-state index contributed by atoms with van der Waals surface area (Å²) in [7, 11) is 3.40. The Morgan fingerprint density at radius 1 is 1.00 bits per heavy atom. The van der Waals surface area contributed by atoms with E-state index in [-0.39, 0.29) is 24.8 Å². The average molecular weight is 464 g/mol. The number of hydrogen-bond acceptors (Lipinski definition) is 12. The number of rotatable bonds is 7. The van der Waals surface area contributed by atoms with Crippen LogP contribution < -0.4 is 27.8 Å². The first-order valence-corrected chi connectivity index (χ1v) is 11.3. The van der Waals surface area contributed by atoms with Gasteiger partial charge in [0.1, 0.15) is 30.0 Å². The molecule has 0 amide bonds. The maximum absolute atomic E-state index is 11.2. The highest BCUT2D eigenvalue weighted by atomic mass is 16.7. The monoisotopic (exact) mass is 463 g/mol. The van der Waals surface area contributed by atoms with Crippen LogP contribution >= 0.6 is 0 Å². The SMILES string of the molecule is CNC1CC(N)C(OC2OCC(C)(O)C(NC)C2O)C(O)C1OC1OC(CN)CCC1N. The number of aliphatic hydroxyl groups is 3. The number of nitrogens with two attached hydrogens (primary N) is 3. The molecule has 12 nitrogen and oxygen atoms in total. The van der Waals surface area contributed by atoms with E-state index in [0.29, 0.717) is 19.4 Å². The Hall–Kier alpha value is -0.480. The Kier molecular flexibility index (Phi) is 8.86. The van der Waals surface area contributed by atoms with Crippen LogP contribution in [0.25, 0.3) is 0 Å². The minimum absolute atomic E-state index is 0.0530. The summed E-state index contributed by atoms with van der Waals surface area (Å²) in [5, 5.41) is 38.4. The van der Waals surface area contributed by atoms with Gasteiger partial charge in [0.2, 0.25) is 0 Å². The lowest BCUT2D eigenvalue weighted by molar-refractivity contribution is -0.307. The van der Waals surface area contributed by atoms with Gasteiger partial charge in [-0.05, 0) is 40.3 Å². The van der Waals surface area contributed by atoms with Crippen LogP contribution in [0.5, 0.6) is 0 Å². The summed E-state index contributed by atoms with van der Waals surface area (Å²) in [6, 6.07) is -1.85. The summed E-state index contributed by atoms with van der Waals surface area (Å²) < 4.78 is 23.6. The van der Waals surface area contributed by atoms with Crippen molar-refractivity contribution in [2.75, 3.05) is 27.2 Å². The van der Waals surface area contributed by atoms with E-state index in [0.717, 1.165) is 6.42 Å². The van der Waals surface area contributed by atoms with Gasteiger partial charge in [-0.15, -0.1) is 0 Å². The van der Waals surface area contributed by atoms with E-state index < -0.39 is 54.7 Å². The topological polar surface area (TPSA) is 200 Å². The molecular formula is C20H41N5O7. The van der Waals surface area contributed by atoms with Crippen LogP contribution in [0.2, 0.25) is 0 Å². The maximum Gasteiger partial charge on any atom is 0.185 e. The second kappa shape index (κ2) is 10.8. The Bertz CT molecular complexity index is 603. The van der Waals surface area contributed by atoms with Gasteiger partial charge in [-0.3, -0.25) is 0 Å². The van der Waals surface area contributed by atoms with Gasteiger partial charge in [0.05, 0.1) is 24.8 Å². The molecule has 0 aromatic carbocycles. The molecule has 0 spiro atoms. The van der Waals surface area contributed by atoms with E-state index in [4.69, 9.17) is 36.1 Å². The Morgan fingerprint density at radius 2 is 1.69 bits per heavy atom. The third kappa shape index (κ3) is 5.43. The Labute approximate surface area is 189 Å². The molecule has 3 aliphatic rings. The summed E-state index contributed by atoms with van der Waals surface area (Å²) in [5.74, 6) is 0. The predicted molar refractivity (Wildman–Crippen MR) is 115 cm³/mol. The maximum atomic E-state index is 11.2. The van der Waals surface area contributed by atoms with Crippen LogP contribution in [0.15, 0.2) is 0 Å². The summed E-state index contributed by atoms with van der Waals surface area (Å²) in [6.45, 7) is 1.87. The van der Waals surface area contributed by atoms with Crippen LogP contribution in [-0.4, -0.2) is 115 Å². The molecule has 188 valence electrons. The average Bonchev–Trinajstić information content (AvgIpc) is 2.75. The molecule has 2 saturated heterocycles. The quantitative estimate of drug-likeness (QED) is 0.184. The Morgan fingerprint density at radius 3 is 2.31 bits per heavy atom. The van der Waals surface area contributed by atoms with Gasteiger partial charge in [0.25, 0.3) is 0 Å². The van der Waals surface area contributed by atoms with Crippen molar-refractivity contribution in [1.29, 1.82) is 0 Å². The molecule has 1 saturated carbocycles. The molecule has 1 aliphatic carbocycles. The van der Waals surface area contributed by atoms with Crippen LogP contribution in [0.3, 0.4) is 0 Å². The van der Waals surface area contributed by atoms with E-state index in [1.165, 1.54) is 0 Å². The summed E-state index contributed by atoms with van der Waals surface area (Å²) >= 11 is 0. The van der Waals surface area contributed by atoms with Gasteiger partial charge >= 0.3 is 0 Å². The predicted octanol–water partition coefficient (Wildman–Crippen LogP) is -3.72. The fraction of sp³-hybridized carbons (Fsp3) is 1.00. The second-order valence-electron chi connectivity index (χ2n) is 9.38. The van der Waals surface area contributed by atoms with Crippen LogP contribution in [0, 0.1) is 0 Å². The summed E-state index contributed by atoms with van der Waals surface area (Å²) in [5.41, 5.74) is 17.0. The van der Waals surface area contributed by atoms with Gasteiger partial charge in [-0.1, -0.05) is 0 Å². The van der Waals surface area contributed by atoms with Crippen molar-refractivity contribution in [2.45, 2.75) is 99.1 Å². The van der Waals surface area contributed by atoms with Gasteiger partial charge in [0.15, 0.2) is 12.6 Å². The molecule has 0 aromatic heterocycles. The lowest BCUT2D eigenvalue weighted by Gasteiger charge is -2.49. The molecule has 0 bridgehead atoms. The minimum Gasteiger partial charge on any atom is -0.388 e. The summed E-state index contributed by atoms with van der Waals surface area (Å²) in [6.07, 6.45) is -3.97. The first-order chi connectivity index (χ1) is 15.1. The molecule has 0 aromatic rings.